The smallest absolute Gasteiger partial charge is 0.314 e. The third kappa shape index (κ3) is 36.6. The van der Waals surface area contributed by atoms with Gasteiger partial charge in [0.2, 0.25) is 0 Å². The minimum Gasteiger partial charge on any atom is -0.326 e. The summed E-state index contributed by atoms with van der Waals surface area (Å²) in [6.45, 7) is 0. The third-order valence-electron chi connectivity index (χ3n) is 0. The minimum atomic E-state index is -3.13. The molecule has 35 valence electrons. The summed E-state index contributed by atoms with van der Waals surface area (Å²) in [7, 11) is -3.13. The minimum absolute atomic E-state index is 0. The van der Waals surface area contributed by atoms with Gasteiger partial charge in [0, 0.05) is 41.7 Å². The molecule has 6 heavy (non-hydrogen) atoms. The molecule has 0 heterocycles. The van der Waals surface area contributed by atoms with Crippen molar-refractivity contribution in [2.75, 3.05) is 0 Å². The van der Waals surface area contributed by atoms with Gasteiger partial charge in [0.1, 0.15) is 17.4 Å². The second-order valence-electron chi connectivity index (χ2n) is 0.283. The Hall–Kier alpha value is 2.06. The Labute approximate surface area is 80.6 Å². The first-order valence-corrected chi connectivity index (χ1v) is 1.95. The molecule has 0 amide bonds. The molecule has 0 saturated heterocycles. The largest absolute Gasteiger partial charge is 0.326 e. The van der Waals surface area contributed by atoms with E-state index in [1.54, 1.807) is 0 Å². The molecule has 0 unspecified atom stereocenters. The number of hydrogen-bond acceptors (Lipinski definition) is 1. The summed E-state index contributed by atoms with van der Waals surface area (Å²) in [5.41, 5.74) is 0. The average molecular weight is 251 g/mol. The third-order valence-corrected chi connectivity index (χ3v) is 0. The van der Waals surface area contributed by atoms with E-state index >= 15 is 0 Å². The zero-order valence-corrected chi connectivity index (χ0v) is 9.44. The van der Waals surface area contributed by atoms with Crippen molar-refractivity contribution in [1.82, 2.24) is 0 Å². The Balaban J connectivity index is -0.0000000450. The molecular weight excluding hydrogens is 246 g/mol. The summed E-state index contributed by atoms with van der Waals surface area (Å²) in [5.74, 6) is 0. The molecule has 0 aromatic heterocycles. The van der Waals surface area contributed by atoms with Gasteiger partial charge in [0.05, 0.1) is 0 Å². The van der Waals surface area contributed by atoms with Crippen LogP contribution in [0.2, 0.25) is 0 Å². The van der Waals surface area contributed by atoms with E-state index in [2.05, 4.69) is 0 Å². The van der Waals surface area contributed by atoms with Crippen LogP contribution in [-0.4, -0.2) is 27.1 Å². The van der Waals surface area contributed by atoms with Crippen molar-refractivity contribution in [3.8, 4) is 0 Å². The molecule has 0 spiro atoms. The van der Waals surface area contributed by atoms with Crippen molar-refractivity contribution in [2.45, 2.75) is 0 Å². The van der Waals surface area contributed by atoms with Gasteiger partial charge in [-0.25, -0.2) is 0 Å². The first-order valence-electron chi connectivity index (χ1n) is 0.651. The monoisotopic (exact) mass is 251 g/mol. The molecule has 0 aromatic rings. The average Bonchev–Trinajstić information content (AvgIpc) is 0.811. The SMILES string of the molecule is O=[PH](O)O.[AlH2].[Ce]. The Morgan fingerprint density at radius 3 is 1.33 bits per heavy atom. The molecule has 0 fully saturated rings. The van der Waals surface area contributed by atoms with Crippen molar-refractivity contribution >= 4 is 25.6 Å². The topological polar surface area (TPSA) is 57.5 Å². The fourth-order valence-corrected chi connectivity index (χ4v) is 0. The second kappa shape index (κ2) is 10.1. The van der Waals surface area contributed by atoms with Crippen LogP contribution in [0, 0.1) is 41.7 Å². The fourth-order valence-electron chi connectivity index (χ4n) is 0. The van der Waals surface area contributed by atoms with E-state index in [4.69, 9.17) is 14.4 Å². The van der Waals surface area contributed by atoms with Gasteiger partial charge in [-0.1, -0.05) is 0 Å². The van der Waals surface area contributed by atoms with E-state index in [-0.39, 0.29) is 59.1 Å². The standard InChI is InChI=1S/Al.Ce.H3O3P.2H/c;;1-4(2)3;;/h;;4H,(H2,1,2,3);;. The van der Waals surface area contributed by atoms with E-state index in [0.717, 1.165) is 0 Å². The maximum atomic E-state index is 8.74. The molecule has 0 aromatic carbocycles. The van der Waals surface area contributed by atoms with Crippen molar-refractivity contribution in [2.24, 2.45) is 0 Å². The van der Waals surface area contributed by atoms with E-state index in [9.17, 15) is 0 Å². The Morgan fingerprint density at radius 1 is 1.33 bits per heavy atom. The van der Waals surface area contributed by atoms with Gasteiger partial charge >= 0.3 is 8.25 Å². The zero-order chi connectivity index (χ0) is 3.58. The van der Waals surface area contributed by atoms with Crippen LogP contribution in [0.25, 0.3) is 0 Å². The quantitative estimate of drug-likeness (QED) is 0.404. The summed E-state index contributed by atoms with van der Waals surface area (Å²) >= 11 is 0. The van der Waals surface area contributed by atoms with E-state index in [0.29, 0.717) is 0 Å². The van der Waals surface area contributed by atoms with Crippen molar-refractivity contribution in [3.05, 3.63) is 0 Å². The van der Waals surface area contributed by atoms with E-state index in [1.165, 1.54) is 0 Å². The summed E-state index contributed by atoms with van der Waals surface area (Å²) in [6, 6.07) is 0. The molecule has 0 aliphatic heterocycles. The van der Waals surface area contributed by atoms with E-state index in [1.807, 2.05) is 0 Å². The predicted octanol–water partition coefficient (Wildman–Crippen LogP) is -1.56. The maximum Gasteiger partial charge on any atom is 0.314 e. The Morgan fingerprint density at radius 2 is 1.33 bits per heavy atom. The first kappa shape index (κ1) is 15.7. The molecule has 0 atom stereocenters. The molecule has 3 nitrogen and oxygen atoms in total. The van der Waals surface area contributed by atoms with E-state index < -0.39 is 8.25 Å². The van der Waals surface area contributed by atoms with Crippen LogP contribution in [0.1, 0.15) is 0 Å². The molecule has 0 saturated carbocycles. The summed E-state index contributed by atoms with van der Waals surface area (Å²) in [4.78, 5) is 14.3. The van der Waals surface area contributed by atoms with Crippen molar-refractivity contribution in [1.29, 1.82) is 0 Å². The normalized spacial score (nSPS) is 5.83. The molecule has 0 rings (SSSR count). The molecular formula is H5AlCeO3P. The van der Waals surface area contributed by atoms with Crippen LogP contribution in [0.5, 0.6) is 0 Å². The van der Waals surface area contributed by atoms with Crippen LogP contribution < -0.4 is 0 Å². The van der Waals surface area contributed by atoms with Gasteiger partial charge in [0.15, 0.2) is 0 Å². The summed E-state index contributed by atoms with van der Waals surface area (Å²) in [5, 5.41) is 0. The Kier molecular flexibility index (Phi) is 26.5. The van der Waals surface area contributed by atoms with Crippen LogP contribution in [0.15, 0.2) is 0 Å². The first-order chi connectivity index (χ1) is 1.73. The van der Waals surface area contributed by atoms with Gasteiger partial charge in [-0.2, -0.15) is 0 Å². The van der Waals surface area contributed by atoms with Gasteiger partial charge < -0.3 is 9.79 Å². The fraction of sp³-hybridized carbons (Fsp3) is 0. The summed E-state index contributed by atoms with van der Waals surface area (Å²) in [6.07, 6.45) is 0. The van der Waals surface area contributed by atoms with Gasteiger partial charge in [-0.3, -0.25) is 4.57 Å². The van der Waals surface area contributed by atoms with Gasteiger partial charge in [0.25, 0.3) is 0 Å². The number of hydrogen-bond donors (Lipinski definition) is 2. The maximum absolute atomic E-state index is 8.74. The van der Waals surface area contributed by atoms with Crippen molar-refractivity contribution in [3.63, 3.8) is 0 Å². The van der Waals surface area contributed by atoms with Crippen LogP contribution in [0.3, 0.4) is 0 Å². The molecule has 0 bridgehead atoms. The summed E-state index contributed by atoms with van der Waals surface area (Å²) < 4.78 is 8.74. The van der Waals surface area contributed by atoms with Gasteiger partial charge in [-0.05, 0) is 0 Å². The molecule has 1 radical (unpaired) electrons. The molecule has 2 N–H and O–H groups in total. The molecule has 0 aliphatic carbocycles. The Bertz CT molecular complexity index is 33.8. The van der Waals surface area contributed by atoms with Crippen molar-refractivity contribution < 1.29 is 56.1 Å². The second-order valence-corrected chi connectivity index (χ2v) is 0.848. The molecule has 0 aliphatic rings. The number of rotatable bonds is 0. The van der Waals surface area contributed by atoms with Crippen LogP contribution in [-0.2, 0) is 4.57 Å². The van der Waals surface area contributed by atoms with Gasteiger partial charge in [-0.15, -0.1) is 0 Å². The molecule has 6 heteroatoms. The van der Waals surface area contributed by atoms with Crippen LogP contribution >= 0.6 is 8.25 Å². The zero-order valence-electron chi connectivity index (χ0n) is 3.30. The van der Waals surface area contributed by atoms with Crippen LogP contribution in [0.4, 0.5) is 0 Å². The predicted molar refractivity (Wildman–Crippen MR) is 22.0 cm³/mol.